The summed E-state index contributed by atoms with van der Waals surface area (Å²) < 4.78 is 10.7. The van der Waals surface area contributed by atoms with Crippen LogP contribution in [-0.2, 0) is 4.74 Å². The summed E-state index contributed by atoms with van der Waals surface area (Å²) in [6.45, 7) is 6.18. The lowest BCUT2D eigenvalue weighted by Crippen LogP contribution is -2.07. The van der Waals surface area contributed by atoms with Gasteiger partial charge in [-0.2, -0.15) is 0 Å². The van der Waals surface area contributed by atoms with Crippen molar-refractivity contribution in [2.75, 3.05) is 6.61 Å². The molecule has 1 saturated carbocycles. The van der Waals surface area contributed by atoms with Gasteiger partial charge in [0.25, 0.3) is 0 Å². The molecule has 100 valence electrons. The molecule has 0 unspecified atom stereocenters. The third-order valence-electron chi connectivity index (χ3n) is 3.38. The molecular formula is C14H21NO3. The van der Waals surface area contributed by atoms with E-state index in [-0.39, 0.29) is 5.92 Å². The molecule has 1 aliphatic carbocycles. The molecule has 0 amide bonds. The Bertz CT molecular complexity index is 417. The normalized spacial score (nSPS) is 16.4. The third-order valence-corrected chi connectivity index (χ3v) is 3.38. The van der Waals surface area contributed by atoms with Crippen molar-refractivity contribution in [1.29, 1.82) is 0 Å². The van der Waals surface area contributed by atoms with Gasteiger partial charge in [-0.15, -0.1) is 0 Å². The van der Waals surface area contributed by atoms with Gasteiger partial charge < -0.3 is 9.15 Å². The monoisotopic (exact) mass is 251 g/mol. The number of carbonyl (C=O) groups excluding carboxylic acids is 1. The van der Waals surface area contributed by atoms with E-state index in [4.69, 9.17) is 9.15 Å². The van der Waals surface area contributed by atoms with Crippen LogP contribution in [-0.4, -0.2) is 17.6 Å². The number of hydrogen-bond acceptors (Lipinski definition) is 4. The molecule has 4 heteroatoms. The van der Waals surface area contributed by atoms with Gasteiger partial charge in [-0.25, -0.2) is 9.78 Å². The van der Waals surface area contributed by atoms with Crippen molar-refractivity contribution in [3.05, 3.63) is 17.3 Å². The Labute approximate surface area is 108 Å². The van der Waals surface area contributed by atoms with Crippen molar-refractivity contribution < 1.29 is 13.9 Å². The number of hydrogen-bond donors (Lipinski definition) is 0. The zero-order valence-corrected chi connectivity index (χ0v) is 11.4. The van der Waals surface area contributed by atoms with Crippen LogP contribution in [0.5, 0.6) is 0 Å². The second-order valence-corrected chi connectivity index (χ2v) is 5.12. The number of ether oxygens (including phenoxy) is 1. The predicted molar refractivity (Wildman–Crippen MR) is 67.8 cm³/mol. The molecule has 0 radical (unpaired) electrons. The maximum atomic E-state index is 11.8. The summed E-state index contributed by atoms with van der Waals surface area (Å²) in [7, 11) is 0. The average molecular weight is 251 g/mol. The molecule has 1 aliphatic rings. The number of esters is 1. The van der Waals surface area contributed by atoms with Crippen LogP contribution in [0, 0.1) is 0 Å². The van der Waals surface area contributed by atoms with E-state index in [2.05, 4.69) is 4.98 Å². The van der Waals surface area contributed by atoms with Crippen LogP contribution in [0.1, 0.15) is 80.4 Å². The molecule has 0 atom stereocenters. The van der Waals surface area contributed by atoms with E-state index in [9.17, 15) is 4.79 Å². The van der Waals surface area contributed by atoms with Crippen LogP contribution < -0.4 is 0 Å². The molecule has 0 spiro atoms. The topological polar surface area (TPSA) is 52.3 Å². The molecule has 0 bridgehead atoms. The van der Waals surface area contributed by atoms with Gasteiger partial charge in [-0.3, -0.25) is 0 Å². The highest BCUT2D eigenvalue weighted by molar-refractivity contribution is 5.87. The van der Waals surface area contributed by atoms with Crippen LogP contribution in [0.2, 0.25) is 0 Å². The summed E-state index contributed by atoms with van der Waals surface area (Å²) in [5.74, 6) is 1.18. The Morgan fingerprint density at radius 1 is 1.44 bits per heavy atom. The first-order valence-corrected chi connectivity index (χ1v) is 6.81. The molecule has 18 heavy (non-hydrogen) atoms. The van der Waals surface area contributed by atoms with Crippen molar-refractivity contribution in [1.82, 2.24) is 4.98 Å². The van der Waals surface area contributed by atoms with E-state index in [0.717, 1.165) is 24.4 Å². The van der Waals surface area contributed by atoms with Crippen LogP contribution >= 0.6 is 0 Å². The van der Waals surface area contributed by atoms with E-state index in [0.29, 0.717) is 18.3 Å². The molecule has 1 aromatic rings. The van der Waals surface area contributed by atoms with Crippen LogP contribution in [0.4, 0.5) is 0 Å². The summed E-state index contributed by atoms with van der Waals surface area (Å²) in [5, 5.41) is 0. The first-order valence-electron chi connectivity index (χ1n) is 6.81. The molecule has 1 fully saturated rings. The lowest BCUT2D eigenvalue weighted by Gasteiger charge is -2.02. The molecular weight excluding hydrogens is 230 g/mol. The molecule has 0 saturated heterocycles. The van der Waals surface area contributed by atoms with Crippen LogP contribution in [0.25, 0.3) is 0 Å². The summed E-state index contributed by atoms with van der Waals surface area (Å²) >= 11 is 0. The second-order valence-electron chi connectivity index (χ2n) is 5.12. The number of carbonyl (C=O) groups is 1. The van der Waals surface area contributed by atoms with Crippen molar-refractivity contribution in [3.63, 3.8) is 0 Å². The van der Waals surface area contributed by atoms with Crippen molar-refractivity contribution in [2.45, 2.75) is 58.3 Å². The van der Waals surface area contributed by atoms with Gasteiger partial charge in [0.2, 0.25) is 5.76 Å². The Hall–Kier alpha value is -1.32. The summed E-state index contributed by atoms with van der Waals surface area (Å²) in [5.41, 5.74) is 0.732. The third kappa shape index (κ3) is 2.57. The van der Waals surface area contributed by atoms with E-state index in [1.54, 1.807) is 6.92 Å². The molecule has 4 nitrogen and oxygen atoms in total. The molecule has 0 N–H and O–H groups in total. The number of oxazole rings is 1. The zero-order valence-electron chi connectivity index (χ0n) is 11.4. The minimum Gasteiger partial charge on any atom is -0.460 e. The van der Waals surface area contributed by atoms with Gasteiger partial charge in [0, 0.05) is 5.92 Å². The van der Waals surface area contributed by atoms with Gasteiger partial charge in [0.1, 0.15) is 0 Å². The van der Waals surface area contributed by atoms with E-state index >= 15 is 0 Å². The fourth-order valence-corrected chi connectivity index (χ4v) is 2.43. The van der Waals surface area contributed by atoms with Crippen LogP contribution in [0.15, 0.2) is 4.42 Å². The highest BCUT2D eigenvalue weighted by atomic mass is 16.5. The fourth-order valence-electron chi connectivity index (χ4n) is 2.43. The number of nitrogens with zero attached hydrogens (tertiary/aromatic N) is 1. The minimum atomic E-state index is -0.391. The molecule has 0 aromatic carbocycles. The number of rotatable bonds is 4. The van der Waals surface area contributed by atoms with Gasteiger partial charge in [-0.05, 0) is 25.7 Å². The Balaban J connectivity index is 2.28. The summed E-state index contributed by atoms with van der Waals surface area (Å²) in [6, 6.07) is 0. The highest BCUT2D eigenvalue weighted by Crippen LogP contribution is 2.35. The quantitative estimate of drug-likeness (QED) is 0.767. The molecule has 1 heterocycles. The second kappa shape index (κ2) is 5.55. The Kier molecular flexibility index (Phi) is 4.04. The van der Waals surface area contributed by atoms with Gasteiger partial charge >= 0.3 is 5.97 Å². The Morgan fingerprint density at radius 3 is 2.67 bits per heavy atom. The van der Waals surface area contributed by atoms with Crippen molar-refractivity contribution >= 4 is 5.97 Å². The van der Waals surface area contributed by atoms with E-state index in [1.165, 1.54) is 12.8 Å². The standard InChI is InChI=1S/C14H21NO3/c1-4-17-14(16)12-11(9(2)3)15-13(18-12)10-7-5-6-8-10/h9-10H,4-8H2,1-3H3. The molecule has 1 aromatic heterocycles. The molecule has 2 rings (SSSR count). The Morgan fingerprint density at radius 2 is 2.11 bits per heavy atom. The smallest absolute Gasteiger partial charge is 0.376 e. The van der Waals surface area contributed by atoms with Gasteiger partial charge in [0.05, 0.1) is 12.3 Å². The van der Waals surface area contributed by atoms with E-state index in [1.807, 2.05) is 13.8 Å². The predicted octanol–water partition coefficient (Wildman–Crippen LogP) is 3.63. The van der Waals surface area contributed by atoms with Crippen LogP contribution in [0.3, 0.4) is 0 Å². The minimum absolute atomic E-state index is 0.170. The SMILES string of the molecule is CCOC(=O)c1oc(C2CCCC2)nc1C(C)C. The van der Waals surface area contributed by atoms with Gasteiger partial charge in [-0.1, -0.05) is 26.7 Å². The number of aromatic nitrogens is 1. The maximum Gasteiger partial charge on any atom is 0.376 e. The van der Waals surface area contributed by atoms with Gasteiger partial charge in [0.15, 0.2) is 5.89 Å². The highest BCUT2D eigenvalue weighted by Gasteiger charge is 2.28. The average Bonchev–Trinajstić information content (AvgIpc) is 2.98. The van der Waals surface area contributed by atoms with Crippen molar-refractivity contribution in [3.8, 4) is 0 Å². The lowest BCUT2D eigenvalue weighted by atomic mass is 10.1. The zero-order chi connectivity index (χ0) is 13.1. The molecule has 0 aliphatic heterocycles. The summed E-state index contributed by atoms with van der Waals surface area (Å²) in [4.78, 5) is 16.4. The van der Waals surface area contributed by atoms with Crippen molar-refractivity contribution in [2.24, 2.45) is 0 Å². The first kappa shape index (κ1) is 13.1. The maximum absolute atomic E-state index is 11.8. The summed E-state index contributed by atoms with van der Waals surface area (Å²) in [6.07, 6.45) is 4.66. The largest absolute Gasteiger partial charge is 0.460 e. The fraction of sp³-hybridized carbons (Fsp3) is 0.714. The van der Waals surface area contributed by atoms with E-state index < -0.39 is 5.97 Å². The first-order chi connectivity index (χ1) is 8.63. The lowest BCUT2D eigenvalue weighted by molar-refractivity contribution is 0.0485.